The van der Waals surface area contributed by atoms with Gasteiger partial charge in [-0.1, -0.05) is 6.07 Å². The van der Waals surface area contributed by atoms with Crippen LogP contribution in [0.25, 0.3) is 0 Å². The number of hydrogen-bond acceptors (Lipinski definition) is 4. The van der Waals surface area contributed by atoms with Crippen molar-refractivity contribution in [2.45, 2.75) is 32.5 Å². The van der Waals surface area contributed by atoms with Crippen molar-refractivity contribution in [2.75, 3.05) is 36.4 Å². The average molecular weight is 424 g/mol. The van der Waals surface area contributed by atoms with Crippen molar-refractivity contribution in [1.82, 2.24) is 9.88 Å². The second-order valence-electron chi connectivity index (χ2n) is 7.41. The number of benzene rings is 1. The Morgan fingerprint density at radius 1 is 1.13 bits per heavy atom. The zero-order chi connectivity index (χ0) is 21.9. The molecule has 2 heterocycles. The van der Waals surface area contributed by atoms with Crippen LogP contribution in [0, 0.1) is 12.7 Å². The quantitative estimate of drug-likeness (QED) is 0.752. The number of hydrogen-bond donors (Lipinski definition) is 1. The van der Waals surface area contributed by atoms with Crippen molar-refractivity contribution in [3.63, 3.8) is 0 Å². The monoisotopic (exact) mass is 424 g/mol. The lowest BCUT2D eigenvalue weighted by Gasteiger charge is -2.27. The molecule has 30 heavy (non-hydrogen) atoms. The number of nitrogens with one attached hydrogen (secondary N) is 1. The molecule has 1 aromatic carbocycles. The summed E-state index contributed by atoms with van der Waals surface area (Å²) < 4.78 is 51.9. The molecule has 1 atom stereocenters. The van der Waals surface area contributed by atoms with E-state index >= 15 is 0 Å². The van der Waals surface area contributed by atoms with Gasteiger partial charge in [0.15, 0.2) is 0 Å². The summed E-state index contributed by atoms with van der Waals surface area (Å²) in [7, 11) is 0. The van der Waals surface area contributed by atoms with Gasteiger partial charge in [-0.15, -0.1) is 0 Å². The van der Waals surface area contributed by atoms with Gasteiger partial charge in [0.25, 0.3) is 0 Å². The number of rotatable bonds is 4. The van der Waals surface area contributed by atoms with E-state index in [9.17, 15) is 22.4 Å². The summed E-state index contributed by atoms with van der Waals surface area (Å²) in [6.07, 6.45) is -2.83. The molecular weight excluding hydrogens is 400 g/mol. The van der Waals surface area contributed by atoms with E-state index < -0.39 is 17.8 Å². The normalized spacial score (nSPS) is 16.8. The van der Waals surface area contributed by atoms with Gasteiger partial charge in [-0.25, -0.2) is 9.37 Å². The smallest absolute Gasteiger partial charge is 0.355 e. The molecule has 1 aromatic heterocycles. The highest BCUT2D eigenvalue weighted by atomic mass is 19.4. The lowest BCUT2D eigenvalue weighted by Crippen LogP contribution is -2.44. The van der Waals surface area contributed by atoms with Crippen molar-refractivity contribution in [1.29, 1.82) is 0 Å². The summed E-state index contributed by atoms with van der Waals surface area (Å²) in [6, 6.07) is 6.53. The van der Waals surface area contributed by atoms with E-state index in [0.29, 0.717) is 43.2 Å². The number of carbonyl (C=O) groups excluding carboxylic acids is 1. The molecule has 0 unspecified atom stereocenters. The van der Waals surface area contributed by atoms with Crippen LogP contribution < -0.4 is 10.2 Å². The Kier molecular flexibility index (Phi) is 6.60. The minimum absolute atomic E-state index is 0.237. The van der Waals surface area contributed by atoms with Crippen LogP contribution in [0.15, 0.2) is 36.5 Å². The third-order valence-corrected chi connectivity index (χ3v) is 5.30. The maximum atomic E-state index is 13.7. The van der Waals surface area contributed by atoms with Crippen molar-refractivity contribution < 1.29 is 22.4 Å². The van der Waals surface area contributed by atoms with Crippen LogP contribution in [0.4, 0.5) is 29.1 Å². The Bertz CT molecular complexity index is 886. The van der Waals surface area contributed by atoms with Gasteiger partial charge >= 0.3 is 6.18 Å². The molecule has 1 fully saturated rings. The van der Waals surface area contributed by atoms with Crippen LogP contribution >= 0.6 is 0 Å². The average Bonchev–Trinajstić information content (AvgIpc) is 2.96. The van der Waals surface area contributed by atoms with E-state index in [-0.39, 0.29) is 11.7 Å². The zero-order valence-corrected chi connectivity index (χ0v) is 16.8. The molecule has 0 radical (unpaired) electrons. The molecule has 0 aliphatic carbocycles. The molecule has 1 aliphatic rings. The Morgan fingerprint density at radius 3 is 2.53 bits per heavy atom. The molecule has 3 rings (SSSR count). The molecular formula is C21H24F4N4O. The summed E-state index contributed by atoms with van der Waals surface area (Å²) in [5, 5.41) is 2.74. The lowest BCUT2D eigenvalue weighted by atomic mass is 10.2. The Labute approximate surface area is 172 Å². The van der Waals surface area contributed by atoms with E-state index in [0.717, 1.165) is 18.7 Å². The topological polar surface area (TPSA) is 48.5 Å². The van der Waals surface area contributed by atoms with Crippen molar-refractivity contribution >= 4 is 17.4 Å². The minimum Gasteiger partial charge on any atom is -0.355 e. The van der Waals surface area contributed by atoms with Gasteiger partial charge < -0.3 is 10.2 Å². The largest absolute Gasteiger partial charge is 0.417 e. The number of alkyl halides is 3. The number of pyridine rings is 1. The van der Waals surface area contributed by atoms with E-state index in [1.165, 1.54) is 12.1 Å². The van der Waals surface area contributed by atoms with Crippen LogP contribution in [-0.4, -0.2) is 48.0 Å². The van der Waals surface area contributed by atoms with Crippen LogP contribution in [0.5, 0.6) is 0 Å². The maximum Gasteiger partial charge on any atom is 0.417 e. The lowest BCUT2D eigenvalue weighted by molar-refractivity contribution is -0.137. The van der Waals surface area contributed by atoms with Gasteiger partial charge in [0.2, 0.25) is 5.91 Å². The molecule has 9 heteroatoms. The second kappa shape index (κ2) is 8.99. The Balaban J connectivity index is 1.59. The second-order valence-corrected chi connectivity index (χ2v) is 7.41. The summed E-state index contributed by atoms with van der Waals surface area (Å²) in [4.78, 5) is 20.5. The summed E-state index contributed by atoms with van der Waals surface area (Å²) in [6.45, 7) is 5.82. The van der Waals surface area contributed by atoms with E-state index in [1.807, 2.05) is 9.80 Å². The highest BCUT2D eigenvalue weighted by Gasteiger charge is 2.31. The number of carbonyl (C=O) groups is 1. The standard InChI is InChI=1S/C21H24F4N4O/c1-14-4-6-17(12-18(14)22)27-20(30)15(2)28-8-3-9-29(11-10-28)19-7-5-16(13-26-19)21(23,24)25/h4-7,12-13,15H,3,8-11H2,1-2H3,(H,27,30)/t15-/m0/s1. The zero-order valence-electron chi connectivity index (χ0n) is 16.8. The summed E-state index contributed by atoms with van der Waals surface area (Å²) in [5.74, 6) is -0.133. The molecule has 1 aliphatic heterocycles. The minimum atomic E-state index is -4.41. The molecule has 1 N–H and O–H groups in total. The van der Waals surface area contributed by atoms with Crippen LogP contribution in [-0.2, 0) is 11.0 Å². The van der Waals surface area contributed by atoms with E-state index in [4.69, 9.17) is 0 Å². The first-order chi connectivity index (χ1) is 14.1. The third kappa shape index (κ3) is 5.27. The number of nitrogens with zero attached hydrogens (tertiary/aromatic N) is 3. The fourth-order valence-corrected chi connectivity index (χ4v) is 3.38. The van der Waals surface area contributed by atoms with Gasteiger partial charge in [-0.2, -0.15) is 13.2 Å². The highest BCUT2D eigenvalue weighted by molar-refractivity contribution is 5.94. The van der Waals surface area contributed by atoms with E-state index in [1.54, 1.807) is 26.0 Å². The van der Waals surface area contributed by atoms with Crippen molar-refractivity contribution in [3.8, 4) is 0 Å². The van der Waals surface area contributed by atoms with Gasteiger partial charge in [-0.3, -0.25) is 9.69 Å². The van der Waals surface area contributed by atoms with Crippen LogP contribution in [0.2, 0.25) is 0 Å². The molecule has 2 aromatic rings. The fourth-order valence-electron chi connectivity index (χ4n) is 3.38. The Hall–Kier alpha value is -2.68. The van der Waals surface area contributed by atoms with Gasteiger partial charge in [0.05, 0.1) is 11.6 Å². The Morgan fingerprint density at radius 2 is 1.90 bits per heavy atom. The number of aryl methyl sites for hydroxylation is 1. The molecule has 1 amide bonds. The molecule has 0 bridgehead atoms. The predicted molar refractivity (Wildman–Crippen MR) is 107 cm³/mol. The molecule has 0 saturated carbocycles. The number of aromatic nitrogens is 1. The molecule has 1 saturated heterocycles. The molecule has 5 nitrogen and oxygen atoms in total. The van der Waals surface area contributed by atoms with Crippen LogP contribution in [0.1, 0.15) is 24.5 Å². The maximum absolute atomic E-state index is 13.7. The molecule has 0 spiro atoms. The molecule has 162 valence electrons. The van der Waals surface area contributed by atoms with Crippen molar-refractivity contribution in [2.24, 2.45) is 0 Å². The van der Waals surface area contributed by atoms with Gasteiger partial charge in [0, 0.05) is 38.1 Å². The number of anilines is 2. The van der Waals surface area contributed by atoms with E-state index in [2.05, 4.69) is 10.3 Å². The summed E-state index contributed by atoms with van der Waals surface area (Å²) >= 11 is 0. The highest BCUT2D eigenvalue weighted by Crippen LogP contribution is 2.29. The SMILES string of the molecule is Cc1ccc(NC(=O)[C@H](C)N2CCCN(c3ccc(C(F)(F)F)cn3)CC2)cc1F. The van der Waals surface area contributed by atoms with Crippen LogP contribution in [0.3, 0.4) is 0 Å². The van der Waals surface area contributed by atoms with Crippen molar-refractivity contribution in [3.05, 3.63) is 53.5 Å². The first kappa shape index (κ1) is 22.0. The fraction of sp³-hybridized carbons (Fsp3) is 0.429. The summed E-state index contributed by atoms with van der Waals surface area (Å²) in [5.41, 5.74) is 0.131. The predicted octanol–water partition coefficient (Wildman–Crippen LogP) is 4.09. The first-order valence-electron chi connectivity index (χ1n) is 9.74. The number of amides is 1. The number of halogens is 4. The third-order valence-electron chi connectivity index (χ3n) is 5.30. The first-order valence-corrected chi connectivity index (χ1v) is 9.74. The van der Waals surface area contributed by atoms with Gasteiger partial charge in [-0.05, 0) is 50.1 Å². The van der Waals surface area contributed by atoms with Gasteiger partial charge in [0.1, 0.15) is 11.6 Å².